The third kappa shape index (κ3) is 4.89. The fourth-order valence-electron chi connectivity index (χ4n) is 5.32. The van der Waals surface area contributed by atoms with E-state index in [1.807, 2.05) is 33.8 Å². The van der Waals surface area contributed by atoms with E-state index in [0.717, 1.165) is 22.5 Å². The average Bonchev–Trinajstić information content (AvgIpc) is 3.57. The van der Waals surface area contributed by atoms with Gasteiger partial charge in [-0.15, -0.1) is 0 Å². The van der Waals surface area contributed by atoms with Crippen molar-refractivity contribution in [2.24, 2.45) is 5.73 Å². The van der Waals surface area contributed by atoms with Gasteiger partial charge in [-0.25, -0.2) is 9.07 Å². The minimum Gasteiger partial charge on any atom is -0.378 e. The van der Waals surface area contributed by atoms with E-state index in [1.54, 1.807) is 18.2 Å². The predicted octanol–water partition coefficient (Wildman–Crippen LogP) is 2.43. The predicted molar refractivity (Wildman–Crippen MR) is 149 cm³/mol. The SMILES string of the molecule is NCc1ccccc1-n1nc(-c2c(-c3ccc(F)cc3)nn3c2N(CCC(=O)N2CCOCC2)CC3)ccc1=O. The normalized spacial score (nSPS) is 14.9. The maximum absolute atomic E-state index is 13.8. The first kappa shape index (κ1) is 25.9. The van der Waals surface area contributed by atoms with Gasteiger partial charge in [-0.05, 0) is 42.0 Å². The maximum Gasteiger partial charge on any atom is 0.271 e. The first-order valence-electron chi connectivity index (χ1n) is 13.4. The number of fused-ring (bicyclic) bond motifs is 1. The van der Waals surface area contributed by atoms with Gasteiger partial charge in [0.1, 0.15) is 17.3 Å². The molecule has 2 N–H and O–H groups in total. The van der Waals surface area contributed by atoms with Gasteiger partial charge in [0.25, 0.3) is 5.56 Å². The number of hydrogen-bond donors (Lipinski definition) is 1. The van der Waals surface area contributed by atoms with Gasteiger partial charge in [0.2, 0.25) is 5.91 Å². The van der Waals surface area contributed by atoms with Crippen LogP contribution in [0, 0.1) is 5.82 Å². The molecule has 0 radical (unpaired) electrons. The van der Waals surface area contributed by atoms with Crippen LogP contribution in [0.5, 0.6) is 0 Å². The largest absolute Gasteiger partial charge is 0.378 e. The number of anilines is 1. The van der Waals surface area contributed by atoms with Crippen LogP contribution in [0.4, 0.5) is 10.2 Å². The van der Waals surface area contributed by atoms with E-state index in [-0.39, 0.29) is 23.8 Å². The lowest BCUT2D eigenvalue weighted by atomic mass is 10.0. The van der Waals surface area contributed by atoms with E-state index in [2.05, 4.69) is 4.90 Å². The summed E-state index contributed by atoms with van der Waals surface area (Å²) in [5.74, 6) is 0.566. The van der Waals surface area contributed by atoms with E-state index in [1.165, 1.54) is 22.9 Å². The van der Waals surface area contributed by atoms with Crippen molar-refractivity contribution in [3.63, 3.8) is 0 Å². The molecule has 2 aromatic heterocycles. The van der Waals surface area contributed by atoms with Crippen molar-refractivity contribution < 1.29 is 13.9 Å². The highest BCUT2D eigenvalue weighted by atomic mass is 19.1. The molecule has 1 amide bonds. The number of ether oxygens (including phenoxy) is 1. The number of morpholine rings is 1. The third-order valence-corrected chi connectivity index (χ3v) is 7.38. The van der Waals surface area contributed by atoms with Gasteiger partial charge in [-0.3, -0.25) is 9.59 Å². The number of halogens is 1. The molecule has 0 saturated carbocycles. The number of nitrogens with two attached hydrogens (primary N) is 1. The zero-order valence-corrected chi connectivity index (χ0v) is 22.0. The highest BCUT2D eigenvalue weighted by Crippen LogP contribution is 2.41. The van der Waals surface area contributed by atoms with Crippen molar-refractivity contribution in [3.8, 4) is 28.2 Å². The van der Waals surface area contributed by atoms with Crippen LogP contribution in [-0.2, 0) is 22.6 Å². The Kier molecular flexibility index (Phi) is 7.14. The zero-order valence-electron chi connectivity index (χ0n) is 22.0. The van der Waals surface area contributed by atoms with Crippen LogP contribution >= 0.6 is 0 Å². The monoisotopic (exact) mass is 543 g/mol. The fraction of sp³-hybridized carbons (Fsp3) is 0.310. The fourth-order valence-corrected chi connectivity index (χ4v) is 5.32. The summed E-state index contributed by atoms with van der Waals surface area (Å²) in [6.45, 7) is 4.40. The van der Waals surface area contributed by atoms with Gasteiger partial charge < -0.3 is 20.3 Å². The molecule has 0 unspecified atom stereocenters. The summed E-state index contributed by atoms with van der Waals surface area (Å²) in [7, 11) is 0. The molecule has 4 heterocycles. The van der Waals surface area contributed by atoms with Crippen molar-refractivity contribution >= 4 is 11.7 Å². The smallest absolute Gasteiger partial charge is 0.271 e. The summed E-state index contributed by atoms with van der Waals surface area (Å²) >= 11 is 0. The Morgan fingerprint density at radius 3 is 2.50 bits per heavy atom. The van der Waals surface area contributed by atoms with E-state index in [0.29, 0.717) is 69.4 Å². The molecule has 4 aromatic rings. The second-order valence-electron chi connectivity index (χ2n) is 9.81. The van der Waals surface area contributed by atoms with Crippen LogP contribution in [0.1, 0.15) is 12.0 Å². The van der Waals surface area contributed by atoms with Gasteiger partial charge in [0, 0.05) is 50.8 Å². The molecule has 10 nitrogen and oxygen atoms in total. The van der Waals surface area contributed by atoms with Gasteiger partial charge in [-0.1, -0.05) is 18.2 Å². The molecule has 206 valence electrons. The van der Waals surface area contributed by atoms with Crippen molar-refractivity contribution in [2.45, 2.75) is 19.5 Å². The summed E-state index contributed by atoms with van der Waals surface area (Å²) in [6.07, 6.45) is 0.354. The molecule has 11 heteroatoms. The topological polar surface area (TPSA) is 112 Å². The van der Waals surface area contributed by atoms with E-state index >= 15 is 0 Å². The van der Waals surface area contributed by atoms with Crippen LogP contribution in [0.2, 0.25) is 0 Å². The molecule has 2 aliphatic rings. The van der Waals surface area contributed by atoms with Gasteiger partial charge >= 0.3 is 0 Å². The number of hydrogen-bond acceptors (Lipinski definition) is 7. The average molecular weight is 544 g/mol. The Hall–Kier alpha value is -4.35. The molecule has 2 aliphatic heterocycles. The van der Waals surface area contributed by atoms with Crippen molar-refractivity contribution in [2.75, 3.05) is 44.3 Å². The molecule has 1 fully saturated rings. The number of amides is 1. The van der Waals surface area contributed by atoms with E-state index in [9.17, 15) is 14.0 Å². The Labute approximate surface area is 230 Å². The van der Waals surface area contributed by atoms with Crippen LogP contribution in [0.15, 0.2) is 65.5 Å². The molecule has 0 spiro atoms. The Morgan fingerprint density at radius 1 is 0.950 bits per heavy atom. The molecule has 0 bridgehead atoms. The van der Waals surface area contributed by atoms with Crippen LogP contribution in [-0.4, -0.2) is 69.8 Å². The number of carbonyl (C=O) groups is 1. The quantitative estimate of drug-likeness (QED) is 0.381. The summed E-state index contributed by atoms with van der Waals surface area (Å²) in [5, 5.41) is 9.67. The lowest BCUT2D eigenvalue weighted by Crippen LogP contribution is -2.42. The number of para-hydroxylation sites is 1. The standard InChI is InChI=1S/C29H30FN7O3/c30-22-7-5-20(6-8-22)28-27(23-9-10-26(39)37(32-23)24-4-2-1-3-21(24)19-31)29-35(13-14-36(29)33-28)12-11-25(38)34-15-17-40-18-16-34/h1-10H,11-19,31H2. The lowest BCUT2D eigenvalue weighted by molar-refractivity contribution is -0.135. The van der Waals surface area contributed by atoms with Gasteiger partial charge in [0.15, 0.2) is 0 Å². The van der Waals surface area contributed by atoms with Crippen LogP contribution < -0.4 is 16.2 Å². The number of nitrogens with zero attached hydrogens (tertiary/aromatic N) is 6. The first-order chi connectivity index (χ1) is 19.5. The summed E-state index contributed by atoms with van der Waals surface area (Å²) in [6, 6.07) is 16.7. The zero-order chi connectivity index (χ0) is 27.6. The number of carbonyl (C=O) groups excluding carboxylic acids is 1. The van der Waals surface area contributed by atoms with Crippen LogP contribution in [0.3, 0.4) is 0 Å². The Morgan fingerprint density at radius 2 is 1.73 bits per heavy atom. The minimum absolute atomic E-state index is 0.0895. The summed E-state index contributed by atoms with van der Waals surface area (Å²) < 4.78 is 22.4. The second-order valence-corrected chi connectivity index (χ2v) is 9.81. The molecule has 2 aromatic carbocycles. The highest BCUT2D eigenvalue weighted by Gasteiger charge is 2.31. The first-order valence-corrected chi connectivity index (χ1v) is 13.4. The number of aromatic nitrogens is 4. The second kappa shape index (κ2) is 11.0. The van der Waals surface area contributed by atoms with Gasteiger partial charge in [0.05, 0.1) is 36.7 Å². The van der Waals surface area contributed by atoms with E-state index in [4.69, 9.17) is 20.7 Å². The van der Waals surface area contributed by atoms with Crippen LogP contribution in [0.25, 0.3) is 28.2 Å². The Bertz CT molecular complexity index is 1590. The highest BCUT2D eigenvalue weighted by molar-refractivity contribution is 5.88. The van der Waals surface area contributed by atoms with Crippen molar-refractivity contribution in [1.82, 2.24) is 24.5 Å². The molecular formula is C29H30FN7O3. The van der Waals surface area contributed by atoms with Crippen molar-refractivity contribution in [1.29, 1.82) is 0 Å². The number of rotatable bonds is 7. The summed E-state index contributed by atoms with van der Waals surface area (Å²) in [4.78, 5) is 29.8. The number of benzene rings is 2. The van der Waals surface area contributed by atoms with Crippen molar-refractivity contribution in [3.05, 3.63) is 82.4 Å². The molecule has 0 aliphatic carbocycles. The lowest BCUT2D eigenvalue weighted by Gasteiger charge is -2.28. The molecule has 1 saturated heterocycles. The Balaban J connectivity index is 1.42. The molecule has 6 rings (SSSR count). The van der Waals surface area contributed by atoms with Gasteiger partial charge in [-0.2, -0.15) is 14.9 Å². The maximum atomic E-state index is 13.8. The molecular weight excluding hydrogens is 513 g/mol. The summed E-state index contributed by atoms with van der Waals surface area (Å²) in [5.41, 5.74) is 9.68. The van der Waals surface area contributed by atoms with E-state index < -0.39 is 0 Å². The third-order valence-electron chi connectivity index (χ3n) is 7.38. The molecule has 0 atom stereocenters. The molecule has 40 heavy (non-hydrogen) atoms. The minimum atomic E-state index is -0.342.